The van der Waals surface area contributed by atoms with Crippen LogP contribution in [0.3, 0.4) is 0 Å². The van der Waals surface area contributed by atoms with Crippen molar-refractivity contribution in [3.8, 4) is 0 Å². The number of rotatable bonds is 21. The van der Waals surface area contributed by atoms with Crippen LogP contribution in [0.5, 0.6) is 0 Å². The maximum atomic E-state index is 12.1. The van der Waals surface area contributed by atoms with E-state index in [0.717, 1.165) is 36.5 Å². The normalized spacial score (nSPS) is 10.5. The number of carbonyl (C=O) groups is 6. The van der Waals surface area contributed by atoms with Crippen LogP contribution in [0.2, 0.25) is 0 Å². The van der Waals surface area contributed by atoms with Crippen molar-refractivity contribution in [3.63, 3.8) is 0 Å². The molecule has 0 heterocycles. The third-order valence-corrected chi connectivity index (χ3v) is 4.61. The number of hydrogen-bond donors (Lipinski definition) is 0. The SMILES string of the molecule is C=CC(=O)OCC(COCC(COC(=O)C=C)(COC(=O)C=C)OC(=O)C=C)(COC(=O)C=C)COC(=O)C=C. The van der Waals surface area contributed by atoms with Crippen molar-refractivity contribution < 1.29 is 61.9 Å². The van der Waals surface area contributed by atoms with Crippen LogP contribution in [-0.2, 0) is 61.9 Å². The highest BCUT2D eigenvalue weighted by Crippen LogP contribution is 2.24. The van der Waals surface area contributed by atoms with Crippen LogP contribution in [0, 0.1) is 5.41 Å². The fourth-order valence-corrected chi connectivity index (χ4v) is 2.54. The van der Waals surface area contributed by atoms with Crippen molar-refractivity contribution in [2.75, 3.05) is 46.2 Å². The van der Waals surface area contributed by atoms with Gasteiger partial charge in [0.05, 0.1) is 18.6 Å². The quantitative estimate of drug-likeness (QED) is 0.111. The van der Waals surface area contributed by atoms with Gasteiger partial charge in [-0.25, -0.2) is 28.8 Å². The van der Waals surface area contributed by atoms with Crippen LogP contribution in [0.4, 0.5) is 0 Å². The lowest BCUT2D eigenvalue weighted by Gasteiger charge is -2.35. The summed E-state index contributed by atoms with van der Waals surface area (Å²) in [4.78, 5) is 70.9. The zero-order valence-corrected chi connectivity index (χ0v) is 22.0. The summed E-state index contributed by atoms with van der Waals surface area (Å²) in [7, 11) is 0. The minimum Gasteiger partial charge on any atom is -0.462 e. The van der Waals surface area contributed by atoms with Gasteiger partial charge in [0, 0.05) is 36.5 Å². The summed E-state index contributed by atoms with van der Waals surface area (Å²) >= 11 is 0. The summed E-state index contributed by atoms with van der Waals surface area (Å²) in [6, 6.07) is 0. The molecule has 0 spiro atoms. The maximum Gasteiger partial charge on any atom is 0.331 e. The van der Waals surface area contributed by atoms with E-state index in [-0.39, 0.29) is 0 Å². The molecule has 0 N–H and O–H groups in total. The number of ether oxygens (including phenoxy) is 7. The molecular formula is C27H32O13. The predicted molar refractivity (Wildman–Crippen MR) is 138 cm³/mol. The summed E-state index contributed by atoms with van der Waals surface area (Å²) in [6.45, 7) is 15.8. The minimum absolute atomic E-state index is 0.482. The molecule has 0 fully saturated rings. The first kappa shape index (κ1) is 35.2. The van der Waals surface area contributed by atoms with Crippen LogP contribution in [0.1, 0.15) is 0 Å². The molecule has 0 aliphatic heterocycles. The molecule has 0 atom stereocenters. The summed E-state index contributed by atoms with van der Waals surface area (Å²) in [5.74, 6) is -5.33. The zero-order chi connectivity index (χ0) is 30.6. The second kappa shape index (κ2) is 18.5. The molecule has 0 aliphatic carbocycles. The van der Waals surface area contributed by atoms with E-state index in [1.165, 1.54) is 0 Å². The molecule has 0 saturated carbocycles. The van der Waals surface area contributed by atoms with Crippen molar-refractivity contribution in [2.24, 2.45) is 5.41 Å². The van der Waals surface area contributed by atoms with Gasteiger partial charge in [0.2, 0.25) is 5.60 Å². The monoisotopic (exact) mass is 564 g/mol. The molecule has 13 heteroatoms. The van der Waals surface area contributed by atoms with Crippen LogP contribution in [0.15, 0.2) is 75.9 Å². The molecule has 0 saturated heterocycles. The summed E-state index contributed by atoms with van der Waals surface area (Å²) < 4.78 is 36.5. The number of esters is 6. The first-order valence-corrected chi connectivity index (χ1v) is 11.3. The molecule has 0 radical (unpaired) electrons. The Hall–Kier alpha value is -4.78. The van der Waals surface area contributed by atoms with E-state index in [1.807, 2.05) is 0 Å². The van der Waals surface area contributed by atoms with Gasteiger partial charge in [-0.15, -0.1) is 0 Å². The van der Waals surface area contributed by atoms with E-state index >= 15 is 0 Å². The van der Waals surface area contributed by atoms with Gasteiger partial charge in [0.15, 0.2) is 0 Å². The third kappa shape index (κ3) is 13.7. The fraction of sp³-hybridized carbons (Fsp3) is 0.333. The lowest BCUT2D eigenvalue weighted by molar-refractivity contribution is -0.193. The highest BCUT2D eigenvalue weighted by molar-refractivity contribution is 5.83. The van der Waals surface area contributed by atoms with Gasteiger partial charge in [0.25, 0.3) is 0 Å². The van der Waals surface area contributed by atoms with Crippen LogP contribution in [-0.4, -0.2) is 87.7 Å². The molecule has 0 aromatic heterocycles. The fourth-order valence-electron chi connectivity index (χ4n) is 2.54. The Kier molecular flexibility index (Phi) is 16.3. The molecule has 0 aliphatic rings. The molecule has 0 rings (SSSR count). The van der Waals surface area contributed by atoms with Gasteiger partial charge in [0.1, 0.15) is 33.0 Å². The Bertz CT molecular complexity index is 924. The van der Waals surface area contributed by atoms with Crippen LogP contribution >= 0.6 is 0 Å². The molecule has 0 unspecified atom stereocenters. The molecule has 218 valence electrons. The predicted octanol–water partition coefficient (Wildman–Crippen LogP) is 1.10. The summed E-state index contributed by atoms with van der Waals surface area (Å²) in [6.07, 6.45) is 5.12. The Morgan fingerprint density at radius 1 is 0.425 bits per heavy atom. The second-order valence-electron chi connectivity index (χ2n) is 7.86. The van der Waals surface area contributed by atoms with E-state index in [0.29, 0.717) is 0 Å². The maximum absolute atomic E-state index is 12.1. The highest BCUT2D eigenvalue weighted by Gasteiger charge is 2.41. The molecule has 0 bridgehead atoms. The Labute approximate surface area is 231 Å². The average Bonchev–Trinajstić information content (AvgIpc) is 2.97. The molecule has 0 aromatic carbocycles. The zero-order valence-electron chi connectivity index (χ0n) is 22.0. The Morgan fingerprint density at radius 2 is 0.725 bits per heavy atom. The van der Waals surface area contributed by atoms with Crippen LogP contribution in [0.25, 0.3) is 0 Å². The van der Waals surface area contributed by atoms with Crippen molar-refractivity contribution in [1.82, 2.24) is 0 Å². The molecular weight excluding hydrogens is 532 g/mol. The van der Waals surface area contributed by atoms with Gasteiger partial charge in [-0.1, -0.05) is 39.5 Å². The van der Waals surface area contributed by atoms with Gasteiger partial charge >= 0.3 is 35.8 Å². The van der Waals surface area contributed by atoms with Gasteiger partial charge in [-0.05, 0) is 0 Å². The smallest absolute Gasteiger partial charge is 0.331 e. The Morgan fingerprint density at radius 3 is 1.02 bits per heavy atom. The lowest BCUT2D eigenvalue weighted by Crippen LogP contribution is -2.51. The molecule has 40 heavy (non-hydrogen) atoms. The summed E-state index contributed by atoms with van der Waals surface area (Å²) in [5.41, 5.74) is -3.46. The van der Waals surface area contributed by atoms with Gasteiger partial charge in [-0.3, -0.25) is 0 Å². The van der Waals surface area contributed by atoms with Crippen molar-refractivity contribution >= 4 is 35.8 Å². The average molecular weight is 565 g/mol. The van der Waals surface area contributed by atoms with E-state index < -0.39 is 93.1 Å². The number of carbonyl (C=O) groups excluding carboxylic acids is 6. The topological polar surface area (TPSA) is 167 Å². The minimum atomic E-state index is -1.93. The van der Waals surface area contributed by atoms with Gasteiger partial charge < -0.3 is 33.2 Å². The van der Waals surface area contributed by atoms with Crippen molar-refractivity contribution in [2.45, 2.75) is 5.60 Å². The van der Waals surface area contributed by atoms with E-state index in [4.69, 9.17) is 33.2 Å². The first-order chi connectivity index (χ1) is 18.9. The lowest BCUT2D eigenvalue weighted by atomic mass is 9.92. The van der Waals surface area contributed by atoms with Crippen molar-refractivity contribution in [3.05, 3.63) is 75.9 Å². The van der Waals surface area contributed by atoms with E-state index in [1.54, 1.807) is 0 Å². The second-order valence-corrected chi connectivity index (χ2v) is 7.86. The molecule has 13 nitrogen and oxygen atoms in total. The standard InChI is InChI=1S/C27H32O13/c1-7-20(28)35-14-26(15-36-21(29)8-2,16-37-22(30)9-3)13-34-17-27(40-25(33)12-6,18-38-23(31)10-4)19-39-24(32)11-5/h7-12H,1-6,13-19H2. The summed E-state index contributed by atoms with van der Waals surface area (Å²) in [5, 5.41) is 0. The largest absolute Gasteiger partial charge is 0.462 e. The van der Waals surface area contributed by atoms with E-state index in [2.05, 4.69) is 39.5 Å². The van der Waals surface area contributed by atoms with Crippen molar-refractivity contribution in [1.29, 1.82) is 0 Å². The van der Waals surface area contributed by atoms with Crippen LogP contribution < -0.4 is 0 Å². The molecule has 0 amide bonds. The third-order valence-electron chi connectivity index (χ3n) is 4.61. The van der Waals surface area contributed by atoms with Gasteiger partial charge in [-0.2, -0.15) is 0 Å². The van der Waals surface area contributed by atoms with E-state index in [9.17, 15) is 28.8 Å². The number of hydrogen-bond acceptors (Lipinski definition) is 13. The first-order valence-electron chi connectivity index (χ1n) is 11.3. The Balaban J connectivity index is 6.29. The highest BCUT2D eigenvalue weighted by atomic mass is 16.6. The molecule has 0 aromatic rings.